The van der Waals surface area contributed by atoms with Crippen LogP contribution in [0, 0.1) is 17.8 Å². The summed E-state index contributed by atoms with van der Waals surface area (Å²) in [7, 11) is 0. The van der Waals surface area contributed by atoms with Crippen molar-refractivity contribution in [2.45, 2.75) is 19.5 Å². The van der Waals surface area contributed by atoms with Gasteiger partial charge in [0.05, 0.1) is 5.92 Å². The zero-order valence-electron chi connectivity index (χ0n) is 6.16. The molecule has 66 valence electrons. The van der Waals surface area contributed by atoms with Crippen LogP contribution in [-0.4, -0.2) is 12.1 Å². The molecule has 1 aliphatic rings. The summed E-state index contributed by atoms with van der Waals surface area (Å²) in [5.74, 6) is -0.919. The smallest absolute Gasteiger partial charge is 0.171 e. The van der Waals surface area contributed by atoms with Gasteiger partial charge in [-0.1, -0.05) is 6.92 Å². The van der Waals surface area contributed by atoms with Crippen LogP contribution in [0.1, 0.15) is 13.3 Å². The topological polar surface area (TPSA) is 0 Å². The number of hydrogen-bond acceptors (Lipinski definition) is 0. The number of halogens is 4. The Morgan fingerprint density at radius 2 is 2.09 bits per heavy atom. The van der Waals surface area contributed by atoms with Crippen LogP contribution in [0.25, 0.3) is 0 Å². The van der Waals surface area contributed by atoms with Gasteiger partial charge in [0.25, 0.3) is 0 Å². The van der Waals surface area contributed by atoms with Crippen molar-refractivity contribution >= 4 is 11.6 Å². The van der Waals surface area contributed by atoms with Gasteiger partial charge >= 0.3 is 6.18 Å². The Labute approximate surface area is 68.7 Å². The van der Waals surface area contributed by atoms with Crippen molar-refractivity contribution in [2.75, 3.05) is 5.88 Å². The Kier molecular flexibility index (Phi) is 2.37. The van der Waals surface area contributed by atoms with Crippen LogP contribution in [0.15, 0.2) is 0 Å². The minimum absolute atomic E-state index is 0.105. The molecule has 3 atom stereocenters. The predicted molar refractivity (Wildman–Crippen MR) is 37.5 cm³/mol. The second-order valence-electron chi connectivity index (χ2n) is 3.14. The lowest BCUT2D eigenvalue weighted by molar-refractivity contribution is -0.175. The maximum Gasteiger partial charge on any atom is 0.391 e. The molecule has 0 saturated heterocycles. The van der Waals surface area contributed by atoms with Gasteiger partial charge in [-0.2, -0.15) is 13.2 Å². The molecule has 0 spiro atoms. The van der Waals surface area contributed by atoms with Crippen LogP contribution in [-0.2, 0) is 0 Å². The van der Waals surface area contributed by atoms with Crippen molar-refractivity contribution in [1.82, 2.24) is 0 Å². The maximum absolute atomic E-state index is 12.0. The summed E-state index contributed by atoms with van der Waals surface area (Å²) in [5.41, 5.74) is 0. The lowest BCUT2D eigenvalue weighted by Gasteiger charge is -2.14. The second kappa shape index (κ2) is 2.85. The fourth-order valence-electron chi connectivity index (χ4n) is 1.30. The van der Waals surface area contributed by atoms with Crippen molar-refractivity contribution in [3.05, 3.63) is 0 Å². The molecule has 0 aromatic carbocycles. The van der Waals surface area contributed by atoms with E-state index in [1.54, 1.807) is 0 Å². The average molecular weight is 187 g/mol. The standard InChI is InChI=1S/C7H10ClF3/c1-4(7(9,10)11)6-2-5(6)3-8/h4-6H,2-3H2,1H3. The van der Waals surface area contributed by atoms with E-state index in [9.17, 15) is 13.2 Å². The number of rotatable bonds is 2. The molecule has 11 heavy (non-hydrogen) atoms. The van der Waals surface area contributed by atoms with E-state index in [1.807, 2.05) is 0 Å². The van der Waals surface area contributed by atoms with E-state index in [2.05, 4.69) is 0 Å². The van der Waals surface area contributed by atoms with E-state index in [0.717, 1.165) is 0 Å². The van der Waals surface area contributed by atoms with E-state index >= 15 is 0 Å². The maximum atomic E-state index is 12.0. The summed E-state index contributed by atoms with van der Waals surface area (Å²) in [5, 5.41) is 0. The third-order valence-electron chi connectivity index (χ3n) is 2.33. The molecule has 0 N–H and O–H groups in total. The summed E-state index contributed by atoms with van der Waals surface area (Å²) in [6, 6.07) is 0. The minimum Gasteiger partial charge on any atom is -0.171 e. The Morgan fingerprint density at radius 1 is 1.55 bits per heavy atom. The first-order valence-corrected chi connectivity index (χ1v) is 4.13. The lowest BCUT2D eigenvalue weighted by Crippen LogP contribution is -2.22. The fourth-order valence-corrected chi connectivity index (χ4v) is 1.66. The van der Waals surface area contributed by atoms with E-state index in [-0.39, 0.29) is 11.8 Å². The van der Waals surface area contributed by atoms with E-state index < -0.39 is 12.1 Å². The van der Waals surface area contributed by atoms with Gasteiger partial charge in [-0.05, 0) is 18.3 Å². The molecular formula is C7H10ClF3. The van der Waals surface area contributed by atoms with Crippen LogP contribution >= 0.6 is 11.6 Å². The zero-order chi connectivity index (χ0) is 8.65. The van der Waals surface area contributed by atoms with Crippen LogP contribution < -0.4 is 0 Å². The molecule has 1 rings (SSSR count). The highest BCUT2D eigenvalue weighted by atomic mass is 35.5. The van der Waals surface area contributed by atoms with Crippen molar-refractivity contribution in [2.24, 2.45) is 17.8 Å². The van der Waals surface area contributed by atoms with E-state index in [0.29, 0.717) is 12.3 Å². The van der Waals surface area contributed by atoms with Crippen LogP contribution in [0.3, 0.4) is 0 Å². The molecule has 0 amide bonds. The van der Waals surface area contributed by atoms with Gasteiger partial charge in [0.2, 0.25) is 0 Å². The summed E-state index contributed by atoms with van der Waals surface area (Å²) >= 11 is 5.42. The quantitative estimate of drug-likeness (QED) is 0.582. The molecule has 0 bridgehead atoms. The lowest BCUT2D eigenvalue weighted by atomic mass is 10.1. The predicted octanol–water partition coefficient (Wildman–Crippen LogP) is 3.06. The summed E-state index contributed by atoms with van der Waals surface area (Å²) in [4.78, 5) is 0. The van der Waals surface area contributed by atoms with Gasteiger partial charge in [0, 0.05) is 5.88 Å². The first kappa shape index (κ1) is 9.17. The molecule has 0 radical (unpaired) electrons. The summed E-state index contributed by atoms with van der Waals surface area (Å²) in [6.07, 6.45) is -3.39. The van der Waals surface area contributed by atoms with Gasteiger partial charge in [-0.15, -0.1) is 11.6 Å². The van der Waals surface area contributed by atoms with Crippen molar-refractivity contribution < 1.29 is 13.2 Å². The van der Waals surface area contributed by atoms with Gasteiger partial charge in [-0.3, -0.25) is 0 Å². The normalized spacial score (nSPS) is 33.5. The molecule has 0 aromatic heterocycles. The fraction of sp³-hybridized carbons (Fsp3) is 1.00. The minimum atomic E-state index is -4.04. The highest BCUT2D eigenvalue weighted by Crippen LogP contribution is 2.50. The SMILES string of the molecule is CC(C1CC1CCl)C(F)(F)F. The Morgan fingerprint density at radius 3 is 2.36 bits per heavy atom. The molecule has 1 saturated carbocycles. The Hall–Kier alpha value is 0.0800. The molecular weight excluding hydrogens is 177 g/mol. The van der Waals surface area contributed by atoms with Crippen molar-refractivity contribution in [3.8, 4) is 0 Å². The third kappa shape index (κ3) is 2.01. The first-order valence-electron chi connectivity index (χ1n) is 3.59. The Balaban J connectivity index is 2.39. The molecule has 1 fully saturated rings. The van der Waals surface area contributed by atoms with Crippen molar-refractivity contribution in [1.29, 1.82) is 0 Å². The molecule has 1 aliphatic carbocycles. The van der Waals surface area contributed by atoms with Crippen LogP contribution in [0.2, 0.25) is 0 Å². The molecule has 0 aliphatic heterocycles. The van der Waals surface area contributed by atoms with Gasteiger partial charge in [0.1, 0.15) is 0 Å². The van der Waals surface area contributed by atoms with Crippen LogP contribution in [0.4, 0.5) is 13.2 Å². The summed E-state index contributed by atoms with van der Waals surface area (Å²) in [6.45, 7) is 1.23. The molecule has 0 heterocycles. The van der Waals surface area contributed by atoms with E-state index in [4.69, 9.17) is 11.6 Å². The zero-order valence-corrected chi connectivity index (χ0v) is 6.91. The Bertz CT molecular complexity index is 143. The molecule has 0 nitrogen and oxygen atoms in total. The highest BCUT2D eigenvalue weighted by Gasteiger charge is 2.51. The van der Waals surface area contributed by atoms with Gasteiger partial charge in [0.15, 0.2) is 0 Å². The largest absolute Gasteiger partial charge is 0.391 e. The monoisotopic (exact) mass is 186 g/mol. The van der Waals surface area contributed by atoms with Gasteiger partial charge in [-0.25, -0.2) is 0 Å². The van der Waals surface area contributed by atoms with Gasteiger partial charge < -0.3 is 0 Å². The average Bonchev–Trinajstić information content (AvgIpc) is 2.62. The van der Waals surface area contributed by atoms with E-state index in [1.165, 1.54) is 6.92 Å². The molecule has 0 aromatic rings. The molecule has 4 heteroatoms. The van der Waals surface area contributed by atoms with Crippen molar-refractivity contribution in [3.63, 3.8) is 0 Å². The highest BCUT2D eigenvalue weighted by molar-refractivity contribution is 6.18. The molecule has 3 unspecified atom stereocenters. The number of alkyl halides is 4. The summed E-state index contributed by atoms with van der Waals surface area (Å²) < 4.78 is 36.0. The first-order chi connectivity index (χ1) is 4.96. The number of hydrogen-bond donors (Lipinski definition) is 0. The van der Waals surface area contributed by atoms with Crippen LogP contribution in [0.5, 0.6) is 0 Å². The second-order valence-corrected chi connectivity index (χ2v) is 3.45. The third-order valence-corrected chi connectivity index (χ3v) is 2.73.